The van der Waals surface area contributed by atoms with Crippen LogP contribution in [0.15, 0.2) is 36.5 Å². The summed E-state index contributed by atoms with van der Waals surface area (Å²) < 4.78 is 22.7. The molecule has 0 aliphatic carbocycles. The molecule has 0 radical (unpaired) electrons. The van der Waals surface area contributed by atoms with Crippen molar-refractivity contribution in [3.05, 3.63) is 36.5 Å². The van der Waals surface area contributed by atoms with Crippen LogP contribution in [0.1, 0.15) is 245 Å². The van der Waals surface area contributed by atoms with Crippen LogP contribution in [0.25, 0.3) is 0 Å². The molecule has 0 heterocycles. The van der Waals surface area contributed by atoms with Crippen LogP contribution < -0.4 is 5.11 Å². The van der Waals surface area contributed by atoms with E-state index < -0.39 is 24.3 Å². The Bertz CT molecular complexity index is 1160. The molecule has 0 N–H and O–H groups in total. The molecule has 0 saturated heterocycles. The molecule has 0 aromatic carbocycles. The SMILES string of the molecule is CCCCC/C=C\C/C=C\C/C=C\CCCCCCCCC(=O)OC(COC(=O)CCCCCCCCCCCCCCCCCCCCCCC)COC(OCC[N+](C)(C)C)C(=O)[O-]. The van der Waals surface area contributed by atoms with Crippen LogP contribution in [0.3, 0.4) is 0 Å². The average molecular weight is 918 g/mol. The van der Waals surface area contributed by atoms with Gasteiger partial charge >= 0.3 is 11.9 Å². The van der Waals surface area contributed by atoms with E-state index in [1.54, 1.807) is 0 Å². The Kier molecular flexibility index (Phi) is 46.1. The van der Waals surface area contributed by atoms with Crippen molar-refractivity contribution >= 4 is 17.9 Å². The van der Waals surface area contributed by atoms with Gasteiger partial charge in [0.15, 0.2) is 12.4 Å². The highest BCUT2D eigenvalue weighted by Crippen LogP contribution is 2.16. The van der Waals surface area contributed by atoms with Crippen LogP contribution in [0.5, 0.6) is 0 Å². The molecule has 0 aromatic heterocycles. The van der Waals surface area contributed by atoms with E-state index in [1.807, 2.05) is 21.1 Å². The van der Waals surface area contributed by atoms with Gasteiger partial charge in [0.1, 0.15) is 13.2 Å². The molecular weight excluding hydrogens is 815 g/mol. The van der Waals surface area contributed by atoms with Gasteiger partial charge in [-0.25, -0.2) is 0 Å². The van der Waals surface area contributed by atoms with Gasteiger partial charge in [-0.15, -0.1) is 0 Å². The molecular formula is C56H103NO8. The normalized spacial score (nSPS) is 13.1. The molecule has 0 spiro atoms. The maximum Gasteiger partial charge on any atom is 0.306 e. The summed E-state index contributed by atoms with van der Waals surface area (Å²) in [7, 11) is 5.92. The molecule has 0 saturated carbocycles. The lowest BCUT2D eigenvalue weighted by Gasteiger charge is -2.26. The van der Waals surface area contributed by atoms with Gasteiger partial charge in [-0.05, 0) is 51.4 Å². The van der Waals surface area contributed by atoms with Crippen LogP contribution in [0.2, 0.25) is 0 Å². The Hall–Kier alpha value is -2.49. The molecule has 0 amide bonds. The largest absolute Gasteiger partial charge is 0.545 e. The van der Waals surface area contributed by atoms with Crippen LogP contribution in [-0.2, 0) is 33.3 Å². The summed E-state index contributed by atoms with van der Waals surface area (Å²) in [5, 5.41) is 11.7. The number of nitrogens with zero attached hydrogens (tertiary/aromatic N) is 1. The van der Waals surface area contributed by atoms with Gasteiger partial charge in [-0.1, -0.05) is 217 Å². The van der Waals surface area contributed by atoms with Crippen LogP contribution >= 0.6 is 0 Å². The molecule has 0 fully saturated rings. The fourth-order valence-electron chi connectivity index (χ4n) is 7.66. The van der Waals surface area contributed by atoms with Gasteiger partial charge in [0.2, 0.25) is 0 Å². The highest BCUT2D eigenvalue weighted by molar-refractivity contribution is 5.70. The van der Waals surface area contributed by atoms with E-state index in [1.165, 1.54) is 141 Å². The van der Waals surface area contributed by atoms with E-state index in [9.17, 15) is 19.5 Å². The Balaban J connectivity index is 4.30. The molecule has 0 bridgehead atoms. The third kappa shape index (κ3) is 49.2. The van der Waals surface area contributed by atoms with Gasteiger partial charge in [0, 0.05) is 12.8 Å². The summed E-state index contributed by atoms with van der Waals surface area (Å²) in [5.74, 6) is -2.29. The molecule has 0 aliphatic heterocycles. The first-order valence-corrected chi connectivity index (χ1v) is 27.1. The highest BCUT2D eigenvalue weighted by atomic mass is 16.7. The zero-order valence-electron chi connectivity index (χ0n) is 43.1. The number of hydrogen-bond acceptors (Lipinski definition) is 8. The first kappa shape index (κ1) is 62.5. The first-order chi connectivity index (χ1) is 31.6. The molecule has 65 heavy (non-hydrogen) atoms. The minimum Gasteiger partial charge on any atom is -0.545 e. The summed E-state index contributed by atoms with van der Waals surface area (Å²) in [6.07, 6.45) is 53.2. The Morgan fingerprint density at radius 2 is 0.831 bits per heavy atom. The number of quaternary nitrogens is 1. The van der Waals surface area contributed by atoms with E-state index in [2.05, 4.69) is 50.3 Å². The summed E-state index contributed by atoms with van der Waals surface area (Å²) >= 11 is 0. The quantitative estimate of drug-likeness (QED) is 0.0195. The van der Waals surface area contributed by atoms with Crippen molar-refractivity contribution in [2.45, 2.75) is 257 Å². The lowest BCUT2D eigenvalue weighted by Crippen LogP contribution is -2.44. The van der Waals surface area contributed by atoms with Crippen LogP contribution in [0.4, 0.5) is 0 Å². The molecule has 0 rings (SSSR count). The average Bonchev–Trinajstić information content (AvgIpc) is 3.27. The number of rotatable bonds is 50. The summed E-state index contributed by atoms with van der Waals surface area (Å²) in [4.78, 5) is 37.2. The maximum absolute atomic E-state index is 12.8. The number of likely N-dealkylation sites (N-methyl/N-ethyl adjacent to an activating group) is 1. The predicted molar refractivity (Wildman–Crippen MR) is 269 cm³/mol. The summed E-state index contributed by atoms with van der Waals surface area (Å²) in [6.45, 7) is 4.73. The molecule has 0 aliphatic rings. The van der Waals surface area contributed by atoms with Gasteiger partial charge in [0.05, 0.1) is 40.3 Å². The Morgan fingerprint density at radius 3 is 1.26 bits per heavy atom. The second-order valence-electron chi connectivity index (χ2n) is 19.5. The van der Waals surface area contributed by atoms with Crippen molar-refractivity contribution in [1.29, 1.82) is 0 Å². The van der Waals surface area contributed by atoms with Crippen molar-refractivity contribution in [3.8, 4) is 0 Å². The zero-order valence-corrected chi connectivity index (χ0v) is 43.1. The van der Waals surface area contributed by atoms with Gasteiger partial charge < -0.3 is 33.3 Å². The van der Waals surface area contributed by atoms with Crippen molar-refractivity contribution in [1.82, 2.24) is 0 Å². The van der Waals surface area contributed by atoms with E-state index in [0.29, 0.717) is 23.9 Å². The minimum absolute atomic E-state index is 0.146. The molecule has 9 heteroatoms. The first-order valence-electron chi connectivity index (χ1n) is 27.1. The molecule has 9 nitrogen and oxygen atoms in total. The van der Waals surface area contributed by atoms with Gasteiger partial charge in [-0.2, -0.15) is 0 Å². The highest BCUT2D eigenvalue weighted by Gasteiger charge is 2.22. The molecule has 380 valence electrons. The Labute approximate surface area is 400 Å². The van der Waals surface area contributed by atoms with Gasteiger partial charge in [-0.3, -0.25) is 9.59 Å². The smallest absolute Gasteiger partial charge is 0.306 e. The van der Waals surface area contributed by atoms with E-state index >= 15 is 0 Å². The number of carboxylic acid groups (broad SMARTS) is 1. The van der Waals surface area contributed by atoms with Crippen molar-refractivity contribution < 1.29 is 42.9 Å². The van der Waals surface area contributed by atoms with E-state index in [-0.39, 0.29) is 32.2 Å². The number of carboxylic acids is 1. The number of hydrogen-bond donors (Lipinski definition) is 0. The fraction of sp³-hybridized carbons (Fsp3) is 0.839. The lowest BCUT2D eigenvalue weighted by molar-refractivity contribution is -0.870. The molecule has 2 unspecified atom stereocenters. The number of esters is 2. The maximum atomic E-state index is 12.8. The number of allylic oxidation sites excluding steroid dienone is 6. The number of ether oxygens (including phenoxy) is 4. The zero-order chi connectivity index (χ0) is 47.7. The lowest BCUT2D eigenvalue weighted by atomic mass is 10.0. The van der Waals surface area contributed by atoms with Crippen molar-refractivity contribution in [2.75, 3.05) is 47.5 Å². The number of carbonyl (C=O) groups is 3. The monoisotopic (exact) mass is 918 g/mol. The molecule has 2 atom stereocenters. The van der Waals surface area contributed by atoms with E-state index in [0.717, 1.165) is 70.6 Å². The predicted octanol–water partition coefficient (Wildman–Crippen LogP) is 14.0. The Morgan fingerprint density at radius 1 is 0.462 bits per heavy atom. The third-order valence-electron chi connectivity index (χ3n) is 11.9. The summed E-state index contributed by atoms with van der Waals surface area (Å²) in [6, 6.07) is 0. The molecule has 0 aromatic rings. The number of aliphatic carboxylic acids is 1. The minimum atomic E-state index is -1.62. The second kappa shape index (κ2) is 48.0. The van der Waals surface area contributed by atoms with Gasteiger partial charge in [0.25, 0.3) is 0 Å². The van der Waals surface area contributed by atoms with Crippen LogP contribution in [0, 0.1) is 0 Å². The standard InChI is InChI=1S/C56H103NO8/c1-6-8-10-12-14-16-18-20-22-24-26-27-29-30-32-34-36-38-40-42-44-46-53(58)63-50-52(51-64-56(55(60)61)62-49-48-57(3,4)5)65-54(59)47-45-43-41-39-37-35-33-31-28-25-23-21-19-17-15-13-11-9-7-2/h15,17,21,23,28,31,52,56H,6-14,16,18-20,22,24-27,29-30,32-51H2,1-5H3/b17-15-,23-21-,31-28-. The van der Waals surface area contributed by atoms with E-state index in [4.69, 9.17) is 18.9 Å². The van der Waals surface area contributed by atoms with Crippen LogP contribution in [-0.4, -0.2) is 82.3 Å². The van der Waals surface area contributed by atoms with Crippen molar-refractivity contribution in [2.24, 2.45) is 0 Å². The van der Waals surface area contributed by atoms with Crippen molar-refractivity contribution in [3.63, 3.8) is 0 Å². The fourth-order valence-corrected chi connectivity index (χ4v) is 7.66. The number of carbonyl (C=O) groups excluding carboxylic acids is 3. The second-order valence-corrected chi connectivity index (χ2v) is 19.5. The third-order valence-corrected chi connectivity index (χ3v) is 11.9. The number of unbranched alkanes of at least 4 members (excludes halogenated alkanes) is 29. The summed E-state index contributed by atoms with van der Waals surface area (Å²) in [5.41, 5.74) is 0. The topological polar surface area (TPSA) is 111 Å².